The number of nitrogens with zero attached hydrogens (tertiary/aromatic N) is 3. The number of hydrogen-bond acceptors (Lipinski definition) is 10. The lowest BCUT2D eigenvalue weighted by Crippen LogP contribution is -2.45. The fourth-order valence-electron chi connectivity index (χ4n) is 4.41. The quantitative estimate of drug-likeness (QED) is 0.326. The van der Waals surface area contributed by atoms with Gasteiger partial charge in [-0.1, -0.05) is 24.3 Å². The smallest absolute Gasteiger partial charge is 0.247 e. The van der Waals surface area contributed by atoms with Crippen LogP contribution in [0.15, 0.2) is 76.0 Å². The highest BCUT2D eigenvalue weighted by Gasteiger charge is 2.39. The minimum Gasteiger partial charge on any atom is -0.457 e. The van der Waals surface area contributed by atoms with Crippen LogP contribution in [0.25, 0.3) is 11.5 Å². The minimum atomic E-state index is -3.92. The second kappa shape index (κ2) is 10.6. The number of fused-ring (bicyclic) bond motifs is 1. The highest BCUT2D eigenvalue weighted by molar-refractivity contribution is 7.92. The first kappa shape index (κ1) is 29.4. The number of carbonyl (C=O) groups excluding carboxylic acids is 1. The Balaban J connectivity index is 1.50. The first-order chi connectivity index (χ1) is 19.7. The van der Waals surface area contributed by atoms with Gasteiger partial charge >= 0.3 is 0 Å². The van der Waals surface area contributed by atoms with Crippen LogP contribution in [0, 0.1) is 6.92 Å². The number of amides is 1. The van der Waals surface area contributed by atoms with Gasteiger partial charge in [0.2, 0.25) is 17.7 Å². The Bertz CT molecular complexity index is 1880. The molecular weight excluding hydrogens is 580 g/mol. The van der Waals surface area contributed by atoms with Gasteiger partial charge in [0.1, 0.15) is 16.2 Å². The van der Waals surface area contributed by atoms with Crippen LogP contribution >= 0.6 is 0 Å². The summed E-state index contributed by atoms with van der Waals surface area (Å²) in [5.41, 5.74) is 8.23. The number of nitrogens with two attached hydrogens (primary N) is 1. The molecule has 0 saturated carbocycles. The van der Waals surface area contributed by atoms with Gasteiger partial charge in [-0.2, -0.15) is 0 Å². The van der Waals surface area contributed by atoms with E-state index in [0.29, 0.717) is 22.6 Å². The Hall–Kier alpha value is -4.07. The van der Waals surface area contributed by atoms with E-state index in [1.165, 1.54) is 36.9 Å². The molecule has 13 heteroatoms. The molecule has 0 unspecified atom stereocenters. The molecule has 0 bridgehead atoms. The number of anilines is 1. The van der Waals surface area contributed by atoms with Gasteiger partial charge in [-0.3, -0.25) is 4.79 Å². The number of aromatic nitrogens is 2. The molecule has 0 saturated heterocycles. The predicted molar refractivity (Wildman–Crippen MR) is 157 cm³/mol. The van der Waals surface area contributed by atoms with Crippen LogP contribution in [-0.4, -0.2) is 51.0 Å². The molecule has 0 fully saturated rings. The van der Waals surface area contributed by atoms with Crippen molar-refractivity contribution < 1.29 is 30.8 Å². The average molecular weight is 611 g/mol. The van der Waals surface area contributed by atoms with E-state index in [0.717, 1.165) is 11.8 Å². The van der Waals surface area contributed by atoms with Gasteiger partial charge in [0, 0.05) is 11.8 Å². The van der Waals surface area contributed by atoms with E-state index in [-0.39, 0.29) is 28.9 Å². The summed E-state index contributed by atoms with van der Waals surface area (Å²) >= 11 is 0. The van der Waals surface area contributed by atoms with Crippen LogP contribution in [0.1, 0.15) is 30.9 Å². The molecule has 2 heterocycles. The monoisotopic (exact) mass is 610 g/mol. The molecule has 1 aliphatic heterocycles. The fraction of sp³-hybridized carbons (Fsp3) is 0.276. The van der Waals surface area contributed by atoms with Gasteiger partial charge < -0.3 is 19.8 Å². The lowest BCUT2D eigenvalue weighted by atomic mass is 10.1. The van der Waals surface area contributed by atoms with E-state index in [2.05, 4.69) is 10.2 Å². The highest BCUT2D eigenvalue weighted by Crippen LogP contribution is 2.37. The first-order valence-electron chi connectivity index (χ1n) is 13.0. The normalized spacial score (nSPS) is 17.0. The predicted octanol–water partition coefficient (Wildman–Crippen LogP) is 3.76. The number of ether oxygens (including phenoxy) is 1. The summed E-state index contributed by atoms with van der Waals surface area (Å²) in [6.07, 6.45) is 1.07. The van der Waals surface area contributed by atoms with Crippen LogP contribution in [0.2, 0.25) is 0 Å². The zero-order valence-electron chi connectivity index (χ0n) is 23.4. The molecule has 3 aromatic carbocycles. The number of benzene rings is 3. The van der Waals surface area contributed by atoms with Crippen molar-refractivity contribution in [3.63, 3.8) is 0 Å². The number of hydrogen-bond donors (Lipinski definition) is 1. The summed E-state index contributed by atoms with van der Waals surface area (Å²) < 4.78 is 61.1. The molecule has 4 aromatic rings. The molecule has 5 rings (SSSR count). The lowest BCUT2D eigenvalue weighted by molar-refractivity contribution is -0.119. The zero-order valence-corrected chi connectivity index (χ0v) is 25.1. The molecule has 1 atom stereocenters. The third-order valence-electron chi connectivity index (χ3n) is 7.17. The summed E-state index contributed by atoms with van der Waals surface area (Å²) in [5, 5.41) is 7.91. The standard InChI is InChI=1S/C29H30N4O7S2/c1-18-6-5-7-22(14-18)39-21-11-8-19(9-12-21)16-33-24-15-20(10-13-25(24)42(37,38)17-23(30)27(33)34)26-31-32-28(40-26)29(2,3)41(4,35)36/h5-15,23H,16-17,30H2,1-4H3/t23-/m0/s1. The van der Waals surface area contributed by atoms with Crippen molar-refractivity contribution in [3.8, 4) is 23.0 Å². The van der Waals surface area contributed by atoms with Crippen molar-refractivity contribution in [2.45, 2.75) is 43.0 Å². The Morgan fingerprint density at radius 2 is 1.76 bits per heavy atom. The number of carbonyl (C=O) groups is 1. The molecule has 220 valence electrons. The fourth-order valence-corrected chi connectivity index (χ4v) is 6.36. The highest BCUT2D eigenvalue weighted by atomic mass is 32.2. The van der Waals surface area contributed by atoms with Crippen molar-refractivity contribution in [2.75, 3.05) is 16.9 Å². The molecule has 2 N–H and O–H groups in total. The van der Waals surface area contributed by atoms with E-state index in [1.54, 1.807) is 24.3 Å². The second-order valence-corrected chi connectivity index (χ2v) is 15.3. The molecule has 0 aliphatic carbocycles. The van der Waals surface area contributed by atoms with Crippen LogP contribution in [-0.2, 0) is 35.8 Å². The van der Waals surface area contributed by atoms with E-state index in [9.17, 15) is 21.6 Å². The van der Waals surface area contributed by atoms with E-state index >= 15 is 0 Å². The third-order valence-corrected chi connectivity index (χ3v) is 11.0. The van der Waals surface area contributed by atoms with E-state index < -0.39 is 42.1 Å². The average Bonchev–Trinajstić information content (AvgIpc) is 3.40. The number of aryl methyl sites for hydroxylation is 1. The number of sulfone groups is 2. The van der Waals surface area contributed by atoms with Crippen molar-refractivity contribution in [1.29, 1.82) is 0 Å². The summed E-state index contributed by atoms with van der Waals surface area (Å²) in [7, 11) is -7.51. The van der Waals surface area contributed by atoms with Crippen molar-refractivity contribution in [2.24, 2.45) is 5.73 Å². The maximum atomic E-state index is 13.4. The summed E-state index contributed by atoms with van der Waals surface area (Å²) in [6, 6.07) is 17.7. The summed E-state index contributed by atoms with van der Waals surface area (Å²) in [4.78, 5) is 14.7. The van der Waals surface area contributed by atoms with E-state index in [4.69, 9.17) is 14.9 Å². The van der Waals surface area contributed by atoms with Crippen molar-refractivity contribution in [1.82, 2.24) is 10.2 Å². The lowest BCUT2D eigenvalue weighted by Gasteiger charge is -2.24. The van der Waals surface area contributed by atoms with E-state index in [1.807, 2.05) is 31.2 Å². The molecule has 1 amide bonds. The van der Waals surface area contributed by atoms with Crippen LogP contribution in [0.5, 0.6) is 11.5 Å². The Morgan fingerprint density at radius 3 is 2.43 bits per heavy atom. The van der Waals surface area contributed by atoms with Gasteiger partial charge in [0.15, 0.2) is 19.7 Å². The SMILES string of the molecule is Cc1cccc(Oc2ccc(CN3C(=O)[C@@H](N)CS(=O)(=O)c4ccc(-c5nnc(C(C)(C)S(C)(=O)=O)o5)cc43)cc2)c1. The van der Waals surface area contributed by atoms with Crippen molar-refractivity contribution >= 4 is 31.3 Å². The van der Waals surface area contributed by atoms with Gasteiger partial charge in [-0.15, -0.1) is 10.2 Å². The van der Waals surface area contributed by atoms with Gasteiger partial charge in [0.05, 0.1) is 28.9 Å². The zero-order chi connectivity index (χ0) is 30.4. The maximum absolute atomic E-state index is 13.4. The Kier molecular flexibility index (Phi) is 7.46. The minimum absolute atomic E-state index is 0.0272. The Labute approximate surface area is 244 Å². The first-order valence-corrected chi connectivity index (χ1v) is 16.5. The molecule has 42 heavy (non-hydrogen) atoms. The van der Waals surface area contributed by atoms with Crippen LogP contribution in [0.3, 0.4) is 0 Å². The summed E-state index contributed by atoms with van der Waals surface area (Å²) in [5.74, 6) is 0.0143. The summed E-state index contributed by atoms with van der Waals surface area (Å²) in [6.45, 7) is 4.89. The largest absolute Gasteiger partial charge is 0.457 e. The van der Waals surface area contributed by atoms with Crippen LogP contribution in [0.4, 0.5) is 5.69 Å². The van der Waals surface area contributed by atoms with Crippen molar-refractivity contribution in [3.05, 3.63) is 83.7 Å². The molecule has 1 aromatic heterocycles. The molecule has 11 nitrogen and oxygen atoms in total. The van der Waals surface area contributed by atoms with Gasteiger partial charge in [0.25, 0.3) is 0 Å². The topological polar surface area (TPSA) is 163 Å². The second-order valence-electron chi connectivity index (χ2n) is 10.8. The molecular formula is C29H30N4O7S2. The third kappa shape index (κ3) is 5.67. The number of rotatable bonds is 7. The van der Waals surface area contributed by atoms with Gasteiger partial charge in [-0.25, -0.2) is 16.8 Å². The Morgan fingerprint density at radius 1 is 1.05 bits per heavy atom. The maximum Gasteiger partial charge on any atom is 0.247 e. The molecule has 0 radical (unpaired) electrons. The van der Waals surface area contributed by atoms with Crippen LogP contribution < -0.4 is 15.4 Å². The molecule has 0 spiro atoms. The molecule has 1 aliphatic rings. The van der Waals surface area contributed by atoms with Gasteiger partial charge in [-0.05, 0) is 74.4 Å².